The van der Waals surface area contributed by atoms with E-state index in [0.717, 1.165) is 0 Å². The van der Waals surface area contributed by atoms with Crippen LogP contribution in [0.3, 0.4) is 0 Å². The lowest BCUT2D eigenvalue weighted by Crippen LogP contribution is -2.48. The topological polar surface area (TPSA) is 99.4 Å². The van der Waals surface area contributed by atoms with Crippen molar-refractivity contribution >= 4 is 0 Å². The number of aliphatic hydroxyl groups is 4. The van der Waals surface area contributed by atoms with Gasteiger partial charge >= 0.3 is 0 Å². The third-order valence-corrected chi connectivity index (χ3v) is 2.29. The number of aliphatic hydroxyl groups excluding tert-OH is 4. The molecule has 4 N–H and O–H groups in total. The molecule has 6 nitrogen and oxygen atoms in total. The van der Waals surface area contributed by atoms with Crippen LogP contribution in [0.5, 0.6) is 0 Å². The van der Waals surface area contributed by atoms with Gasteiger partial charge in [0.1, 0.15) is 24.9 Å². The first-order valence-electron chi connectivity index (χ1n) is 4.51. The van der Waals surface area contributed by atoms with Crippen LogP contribution < -0.4 is 0 Å². The van der Waals surface area contributed by atoms with E-state index in [1.165, 1.54) is 0 Å². The lowest BCUT2D eigenvalue weighted by molar-refractivity contribution is -0.274. The van der Waals surface area contributed by atoms with Crippen LogP contribution in [0.4, 0.5) is 0 Å². The molecule has 84 valence electrons. The first-order chi connectivity index (χ1) is 6.61. The second kappa shape index (κ2) is 4.52. The maximum Gasteiger partial charge on any atom is 0.221 e. The second-order valence-corrected chi connectivity index (χ2v) is 3.18. The lowest BCUT2D eigenvalue weighted by atomic mass is 10.1. The fraction of sp³-hybridized carbons (Fsp3) is 1.00. The van der Waals surface area contributed by atoms with E-state index in [-0.39, 0.29) is 6.61 Å². The molecule has 1 rings (SSSR count). The number of hydrogen-bond acceptors (Lipinski definition) is 6. The first-order valence-corrected chi connectivity index (χ1v) is 4.51. The zero-order valence-corrected chi connectivity index (χ0v) is 7.96. The van der Waals surface area contributed by atoms with Crippen LogP contribution in [-0.4, -0.2) is 64.3 Å². The molecule has 1 saturated heterocycles. The van der Waals surface area contributed by atoms with Gasteiger partial charge in [-0.05, 0) is 6.92 Å². The Balaban J connectivity index is 2.78. The molecule has 0 radical (unpaired) electrons. The zero-order chi connectivity index (χ0) is 10.8. The molecule has 1 aliphatic heterocycles. The molecule has 0 aromatic heterocycles. The molecule has 0 saturated carbocycles. The van der Waals surface area contributed by atoms with E-state index < -0.39 is 37.3 Å². The molecule has 0 bridgehead atoms. The van der Waals surface area contributed by atoms with Crippen molar-refractivity contribution in [2.24, 2.45) is 0 Å². The van der Waals surface area contributed by atoms with E-state index in [2.05, 4.69) is 0 Å². The van der Waals surface area contributed by atoms with E-state index in [0.29, 0.717) is 0 Å². The Morgan fingerprint density at radius 3 is 2.36 bits per heavy atom. The minimum absolute atomic E-state index is 0.225. The predicted octanol–water partition coefficient (Wildman–Crippen LogP) is -2.18. The van der Waals surface area contributed by atoms with Crippen molar-refractivity contribution in [3.05, 3.63) is 0 Å². The van der Waals surface area contributed by atoms with E-state index in [1.807, 2.05) is 0 Å². The summed E-state index contributed by atoms with van der Waals surface area (Å²) in [5.74, 6) is -1.61. The SMILES string of the molecule is CCO[C@@]1(CO)O[C@@H](CO)[C@H](O)[C@H]1O. The van der Waals surface area contributed by atoms with Gasteiger partial charge in [-0.15, -0.1) is 0 Å². The van der Waals surface area contributed by atoms with Gasteiger partial charge in [-0.3, -0.25) is 0 Å². The average Bonchev–Trinajstić information content (AvgIpc) is 2.44. The van der Waals surface area contributed by atoms with Crippen molar-refractivity contribution in [2.75, 3.05) is 19.8 Å². The van der Waals surface area contributed by atoms with E-state index in [4.69, 9.17) is 19.7 Å². The maximum absolute atomic E-state index is 9.57. The van der Waals surface area contributed by atoms with Gasteiger partial charge in [-0.25, -0.2) is 0 Å². The van der Waals surface area contributed by atoms with E-state index >= 15 is 0 Å². The Morgan fingerprint density at radius 1 is 1.36 bits per heavy atom. The zero-order valence-electron chi connectivity index (χ0n) is 7.96. The van der Waals surface area contributed by atoms with Crippen molar-refractivity contribution in [3.8, 4) is 0 Å². The van der Waals surface area contributed by atoms with Gasteiger partial charge in [-0.1, -0.05) is 0 Å². The van der Waals surface area contributed by atoms with Gasteiger partial charge in [0.15, 0.2) is 0 Å². The van der Waals surface area contributed by atoms with Gasteiger partial charge in [0.2, 0.25) is 5.79 Å². The molecule has 0 spiro atoms. The van der Waals surface area contributed by atoms with E-state index in [9.17, 15) is 10.2 Å². The Hall–Kier alpha value is -0.240. The Kier molecular flexibility index (Phi) is 3.82. The van der Waals surface area contributed by atoms with Crippen LogP contribution in [0.2, 0.25) is 0 Å². The van der Waals surface area contributed by atoms with Crippen molar-refractivity contribution in [1.29, 1.82) is 0 Å². The van der Waals surface area contributed by atoms with Crippen molar-refractivity contribution < 1.29 is 29.9 Å². The quantitative estimate of drug-likeness (QED) is 0.419. The summed E-state index contributed by atoms with van der Waals surface area (Å²) < 4.78 is 10.2. The summed E-state index contributed by atoms with van der Waals surface area (Å²) in [5, 5.41) is 36.9. The summed E-state index contributed by atoms with van der Waals surface area (Å²) in [4.78, 5) is 0. The molecule has 0 aromatic rings. The fourth-order valence-electron chi connectivity index (χ4n) is 1.54. The molecule has 14 heavy (non-hydrogen) atoms. The smallest absolute Gasteiger partial charge is 0.221 e. The average molecular weight is 208 g/mol. The summed E-state index contributed by atoms with van der Waals surface area (Å²) in [6, 6.07) is 0. The Labute approximate surface area is 81.7 Å². The fourth-order valence-corrected chi connectivity index (χ4v) is 1.54. The van der Waals surface area contributed by atoms with Crippen LogP contribution >= 0.6 is 0 Å². The molecule has 1 fully saturated rings. The van der Waals surface area contributed by atoms with Gasteiger partial charge in [0.25, 0.3) is 0 Å². The van der Waals surface area contributed by atoms with Gasteiger partial charge < -0.3 is 29.9 Å². The van der Waals surface area contributed by atoms with Crippen LogP contribution in [0.25, 0.3) is 0 Å². The third-order valence-electron chi connectivity index (χ3n) is 2.29. The highest BCUT2D eigenvalue weighted by Crippen LogP contribution is 2.31. The highest BCUT2D eigenvalue weighted by Gasteiger charge is 2.54. The number of rotatable bonds is 4. The van der Waals surface area contributed by atoms with Gasteiger partial charge in [-0.2, -0.15) is 0 Å². The van der Waals surface area contributed by atoms with Crippen LogP contribution in [0.1, 0.15) is 6.92 Å². The predicted molar refractivity (Wildman–Crippen MR) is 45.4 cm³/mol. The number of ether oxygens (including phenoxy) is 2. The molecule has 1 heterocycles. The third kappa shape index (κ3) is 1.77. The lowest BCUT2D eigenvalue weighted by Gasteiger charge is -2.29. The molecule has 0 unspecified atom stereocenters. The minimum Gasteiger partial charge on any atom is -0.394 e. The molecular formula is C8H16O6. The highest BCUT2D eigenvalue weighted by molar-refractivity contribution is 4.96. The summed E-state index contributed by atoms with van der Waals surface area (Å²) in [5.41, 5.74) is 0. The monoisotopic (exact) mass is 208 g/mol. The van der Waals surface area contributed by atoms with Crippen molar-refractivity contribution in [1.82, 2.24) is 0 Å². The normalized spacial score (nSPS) is 43.1. The van der Waals surface area contributed by atoms with E-state index in [1.54, 1.807) is 6.92 Å². The first kappa shape index (κ1) is 11.8. The molecule has 4 atom stereocenters. The summed E-state index contributed by atoms with van der Waals surface area (Å²) >= 11 is 0. The van der Waals surface area contributed by atoms with Crippen LogP contribution in [0, 0.1) is 0 Å². The molecular weight excluding hydrogens is 192 g/mol. The summed E-state index contributed by atoms with van der Waals surface area (Å²) in [6.45, 7) is 0.886. The minimum atomic E-state index is -1.61. The summed E-state index contributed by atoms with van der Waals surface area (Å²) in [7, 11) is 0. The van der Waals surface area contributed by atoms with Gasteiger partial charge in [0, 0.05) is 6.61 Å². The van der Waals surface area contributed by atoms with Crippen LogP contribution in [0.15, 0.2) is 0 Å². The molecule has 1 aliphatic rings. The van der Waals surface area contributed by atoms with Crippen molar-refractivity contribution in [2.45, 2.75) is 31.0 Å². The maximum atomic E-state index is 9.57. The largest absolute Gasteiger partial charge is 0.394 e. The van der Waals surface area contributed by atoms with Crippen LogP contribution in [-0.2, 0) is 9.47 Å². The molecule has 0 aliphatic carbocycles. The molecule has 0 amide bonds. The standard InChI is InChI=1S/C8H16O6/c1-2-13-8(4-10)7(12)6(11)5(3-9)14-8/h5-7,9-12H,2-4H2,1H3/t5-,6-,7+,8-/m0/s1. The van der Waals surface area contributed by atoms with Crippen molar-refractivity contribution in [3.63, 3.8) is 0 Å². The highest BCUT2D eigenvalue weighted by atomic mass is 16.7. The number of hydrogen-bond donors (Lipinski definition) is 4. The molecule has 0 aromatic carbocycles. The van der Waals surface area contributed by atoms with Gasteiger partial charge in [0.05, 0.1) is 6.61 Å². The molecule has 6 heteroatoms. The Bertz CT molecular complexity index is 187. The Morgan fingerprint density at radius 2 is 2.00 bits per heavy atom. The second-order valence-electron chi connectivity index (χ2n) is 3.18. The summed E-state index contributed by atoms with van der Waals surface area (Å²) in [6.07, 6.45) is -3.54.